The first kappa shape index (κ1) is 17.0. The van der Waals surface area contributed by atoms with Crippen LogP contribution in [0.2, 0.25) is 0 Å². The van der Waals surface area contributed by atoms with Gasteiger partial charge in [-0.25, -0.2) is 4.98 Å². The van der Waals surface area contributed by atoms with Crippen molar-refractivity contribution in [3.63, 3.8) is 0 Å². The van der Waals surface area contributed by atoms with Crippen molar-refractivity contribution >= 4 is 28.4 Å². The summed E-state index contributed by atoms with van der Waals surface area (Å²) in [5.41, 5.74) is 3.00. The third-order valence-electron chi connectivity index (χ3n) is 4.00. The van der Waals surface area contributed by atoms with Gasteiger partial charge in [0, 0.05) is 24.7 Å². The number of hydrogen-bond acceptors (Lipinski definition) is 6. The summed E-state index contributed by atoms with van der Waals surface area (Å²) < 4.78 is 5.23. The number of rotatable bonds is 6. The molecule has 0 atom stereocenters. The van der Waals surface area contributed by atoms with Crippen molar-refractivity contribution in [3.8, 4) is 5.75 Å². The highest BCUT2D eigenvalue weighted by atomic mass is 16.5. The van der Waals surface area contributed by atoms with Crippen LogP contribution < -0.4 is 15.0 Å². The maximum atomic E-state index is 9.04. The van der Waals surface area contributed by atoms with Crippen LogP contribution in [0.4, 0.5) is 17.5 Å². The second-order valence-corrected chi connectivity index (χ2v) is 5.80. The Morgan fingerprint density at radius 3 is 2.56 bits per heavy atom. The van der Waals surface area contributed by atoms with Gasteiger partial charge >= 0.3 is 0 Å². The number of nitrogens with one attached hydrogen (secondary N) is 1. The molecule has 3 aromatic rings. The van der Waals surface area contributed by atoms with Gasteiger partial charge in [0.2, 0.25) is 5.95 Å². The van der Waals surface area contributed by atoms with Gasteiger partial charge < -0.3 is 20.1 Å². The molecule has 3 rings (SSSR count). The Morgan fingerprint density at radius 2 is 1.88 bits per heavy atom. The predicted molar refractivity (Wildman–Crippen MR) is 101 cm³/mol. The van der Waals surface area contributed by atoms with Gasteiger partial charge in [-0.1, -0.05) is 11.6 Å². The summed E-state index contributed by atoms with van der Waals surface area (Å²) in [7, 11) is 3.63. The number of anilines is 3. The van der Waals surface area contributed by atoms with Crippen LogP contribution in [0, 0.1) is 6.92 Å². The quantitative estimate of drug-likeness (QED) is 0.720. The topological polar surface area (TPSA) is 70.5 Å². The second-order valence-electron chi connectivity index (χ2n) is 5.80. The Balaban J connectivity index is 2.08. The van der Waals surface area contributed by atoms with Crippen LogP contribution in [0.1, 0.15) is 5.56 Å². The highest BCUT2D eigenvalue weighted by molar-refractivity contribution is 5.92. The number of hydrogen-bond donors (Lipinski definition) is 2. The maximum absolute atomic E-state index is 9.04. The standard InChI is InChI=1S/C19H22N4O2/c1-13-4-9-17-16(12-13)18(22-19(21-17)20-10-11-24)23(2)14-5-7-15(25-3)8-6-14/h4-9,12,24H,10-11H2,1-3H3,(H,20,21,22). The number of aliphatic hydroxyl groups is 1. The fraction of sp³-hybridized carbons (Fsp3) is 0.263. The molecule has 130 valence electrons. The lowest BCUT2D eigenvalue weighted by Crippen LogP contribution is -2.15. The molecular weight excluding hydrogens is 316 g/mol. The average Bonchev–Trinajstić information content (AvgIpc) is 2.65. The number of ether oxygens (including phenoxy) is 1. The summed E-state index contributed by atoms with van der Waals surface area (Å²) in [6.07, 6.45) is 0. The van der Waals surface area contributed by atoms with E-state index in [9.17, 15) is 0 Å². The zero-order valence-corrected chi connectivity index (χ0v) is 14.7. The van der Waals surface area contributed by atoms with Crippen molar-refractivity contribution in [2.75, 3.05) is 37.5 Å². The fourth-order valence-corrected chi connectivity index (χ4v) is 2.66. The first-order chi connectivity index (χ1) is 12.1. The van der Waals surface area contributed by atoms with Crippen molar-refractivity contribution in [2.24, 2.45) is 0 Å². The summed E-state index contributed by atoms with van der Waals surface area (Å²) in [6, 6.07) is 13.9. The molecule has 2 N–H and O–H groups in total. The van der Waals surface area contributed by atoms with Crippen molar-refractivity contribution < 1.29 is 9.84 Å². The largest absolute Gasteiger partial charge is 0.497 e. The molecule has 0 saturated carbocycles. The number of fused-ring (bicyclic) bond motifs is 1. The molecule has 0 spiro atoms. The van der Waals surface area contributed by atoms with Gasteiger partial charge in [-0.15, -0.1) is 0 Å². The molecule has 25 heavy (non-hydrogen) atoms. The lowest BCUT2D eigenvalue weighted by atomic mass is 10.1. The second kappa shape index (κ2) is 7.36. The van der Waals surface area contributed by atoms with E-state index in [2.05, 4.69) is 28.3 Å². The van der Waals surface area contributed by atoms with Gasteiger partial charge in [0.25, 0.3) is 0 Å². The van der Waals surface area contributed by atoms with Crippen LogP contribution in [0.5, 0.6) is 5.75 Å². The number of aryl methyl sites for hydroxylation is 1. The Kier molecular flexibility index (Phi) is 5.00. The third-order valence-corrected chi connectivity index (χ3v) is 4.00. The van der Waals surface area contributed by atoms with Crippen molar-refractivity contribution in [2.45, 2.75) is 6.92 Å². The van der Waals surface area contributed by atoms with Crippen molar-refractivity contribution in [1.82, 2.24) is 9.97 Å². The number of nitrogens with zero attached hydrogens (tertiary/aromatic N) is 3. The summed E-state index contributed by atoms with van der Waals surface area (Å²) in [5, 5.41) is 13.1. The molecule has 1 heterocycles. The zero-order chi connectivity index (χ0) is 17.8. The maximum Gasteiger partial charge on any atom is 0.225 e. The monoisotopic (exact) mass is 338 g/mol. The minimum Gasteiger partial charge on any atom is -0.497 e. The lowest BCUT2D eigenvalue weighted by molar-refractivity contribution is 0.311. The fourth-order valence-electron chi connectivity index (χ4n) is 2.66. The molecule has 0 saturated heterocycles. The first-order valence-electron chi connectivity index (χ1n) is 8.13. The molecule has 0 aliphatic heterocycles. The highest BCUT2D eigenvalue weighted by Crippen LogP contribution is 2.31. The predicted octanol–water partition coefficient (Wildman–Crippen LogP) is 3.12. The zero-order valence-electron chi connectivity index (χ0n) is 14.7. The minimum atomic E-state index is 0.0267. The summed E-state index contributed by atoms with van der Waals surface area (Å²) in [5.74, 6) is 2.12. The molecule has 0 radical (unpaired) electrons. The van der Waals surface area contributed by atoms with Gasteiger partial charge in [0.1, 0.15) is 11.6 Å². The van der Waals surface area contributed by atoms with Crippen molar-refractivity contribution in [3.05, 3.63) is 48.0 Å². The molecule has 2 aromatic carbocycles. The van der Waals surface area contributed by atoms with Gasteiger partial charge in [-0.2, -0.15) is 4.98 Å². The summed E-state index contributed by atoms with van der Waals surface area (Å²) in [4.78, 5) is 11.2. The van der Waals surface area contributed by atoms with Crippen LogP contribution in [-0.2, 0) is 0 Å². The molecule has 0 bridgehead atoms. The highest BCUT2D eigenvalue weighted by Gasteiger charge is 2.13. The molecule has 6 nitrogen and oxygen atoms in total. The Bertz CT molecular complexity index is 865. The summed E-state index contributed by atoms with van der Waals surface area (Å²) in [6.45, 7) is 2.48. The third kappa shape index (κ3) is 3.64. The van der Waals surface area contributed by atoms with Gasteiger partial charge in [-0.3, -0.25) is 0 Å². The van der Waals surface area contributed by atoms with Crippen molar-refractivity contribution in [1.29, 1.82) is 0 Å². The van der Waals surface area contributed by atoms with Gasteiger partial charge in [-0.05, 0) is 43.3 Å². The Hall–Kier alpha value is -2.86. The SMILES string of the molecule is COc1ccc(N(C)c2nc(NCCO)nc3ccc(C)cc23)cc1. The molecule has 0 aliphatic rings. The molecule has 0 aliphatic carbocycles. The Morgan fingerprint density at radius 1 is 1.12 bits per heavy atom. The molecular formula is C19H22N4O2. The summed E-state index contributed by atoms with van der Waals surface area (Å²) >= 11 is 0. The van der Waals surface area contributed by atoms with E-state index in [4.69, 9.17) is 9.84 Å². The first-order valence-corrected chi connectivity index (χ1v) is 8.13. The van der Waals surface area contributed by atoms with E-state index < -0.39 is 0 Å². The van der Waals surface area contributed by atoms with E-state index in [1.807, 2.05) is 48.3 Å². The van der Waals surface area contributed by atoms with Crippen LogP contribution in [0.3, 0.4) is 0 Å². The molecule has 0 amide bonds. The van der Waals surface area contributed by atoms with Crippen LogP contribution in [0.15, 0.2) is 42.5 Å². The smallest absolute Gasteiger partial charge is 0.225 e. The van der Waals surface area contributed by atoms with Gasteiger partial charge in [0.05, 0.1) is 19.2 Å². The number of aromatic nitrogens is 2. The van der Waals surface area contributed by atoms with E-state index in [1.54, 1.807) is 7.11 Å². The molecule has 0 unspecified atom stereocenters. The molecule has 6 heteroatoms. The van der Waals surface area contributed by atoms with E-state index >= 15 is 0 Å². The molecule has 0 fully saturated rings. The van der Waals surface area contributed by atoms with Crippen LogP contribution in [-0.4, -0.2) is 42.4 Å². The lowest BCUT2D eigenvalue weighted by Gasteiger charge is -2.21. The number of methoxy groups -OCH3 is 1. The van der Waals surface area contributed by atoms with E-state index in [1.165, 1.54) is 0 Å². The Labute approximate surface area is 147 Å². The number of benzene rings is 2. The van der Waals surface area contributed by atoms with E-state index in [0.29, 0.717) is 12.5 Å². The average molecular weight is 338 g/mol. The molecule has 1 aromatic heterocycles. The van der Waals surface area contributed by atoms with Gasteiger partial charge in [0.15, 0.2) is 0 Å². The number of aliphatic hydroxyl groups excluding tert-OH is 1. The van der Waals surface area contributed by atoms with E-state index in [0.717, 1.165) is 33.7 Å². The van der Waals surface area contributed by atoms with Crippen LogP contribution in [0.25, 0.3) is 10.9 Å². The van der Waals surface area contributed by atoms with Crippen LogP contribution >= 0.6 is 0 Å². The van der Waals surface area contributed by atoms with E-state index in [-0.39, 0.29) is 6.61 Å². The minimum absolute atomic E-state index is 0.0267. The normalized spacial score (nSPS) is 10.7.